The Balaban J connectivity index is 0.938. The summed E-state index contributed by atoms with van der Waals surface area (Å²) < 4.78 is 66.5. The van der Waals surface area contributed by atoms with E-state index in [-0.39, 0.29) is 91.9 Å². The predicted octanol–water partition coefficient (Wildman–Crippen LogP) is 3.20. The van der Waals surface area contributed by atoms with Crippen LogP contribution in [0.1, 0.15) is 90.9 Å². The average molecular weight is 759 g/mol. The molecular formula is C41H58O13. The third kappa shape index (κ3) is 6.36. The van der Waals surface area contributed by atoms with Gasteiger partial charge in [-0.1, -0.05) is 27.0 Å². The SMILES string of the molecule is C=C1C2C[C@@H]3O[C@H]4C[C@@H](O)[C@@H](CO)O[C@H]4[C@H](C)[C@H]3OC(=O)C[C@H]3CC[C@@H]4O[C@@H]5[C@H]6O[C@@H]7C[C@](CCC8CC(=C)[C@H](CC[C@@H](C[C@H]1C)O2)O8)(O[C@H]6[C@H]4O3)O[C@H]57. The zero-order valence-electron chi connectivity index (χ0n) is 31.5. The summed E-state index contributed by atoms with van der Waals surface area (Å²) in [6.07, 6.45) is 1.52. The van der Waals surface area contributed by atoms with E-state index in [9.17, 15) is 15.0 Å². The molecule has 11 saturated heterocycles. The normalized spacial score (nSPS) is 55.7. The average Bonchev–Trinajstić information content (AvgIpc) is 3.73. The fourth-order valence-electron chi connectivity index (χ4n) is 11.7. The predicted molar refractivity (Wildman–Crippen MR) is 188 cm³/mol. The van der Waals surface area contributed by atoms with Gasteiger partial charge in [0, 0.05) is 31.6 Å². The van der Waals surface area contributed by atoms with Gasteiger partial charge in [-0.3, -0.25) is 4.79 Å². The maximum atomic E-state index is 14.0. The lowest BCUT2D eigenvalue weighted by Gasteiger charge is -2.51. The molecule has 0 amide bonds. The molecule has 13 nitrogen and oxygen atoms in total. The lowest BCUT2D eigenvalue weighted by atomic mass is 9.79. The quantitative estimate of drug-likeness (QED) is 0.298. The molecule has 2 unspecified atom stereocenters. The molecule has 13 heteroatoms. The van der Waals surface area contributed by atoms with Gasteiger partial charge in [-0.2, -0.15) is 0 Å². The van der Waals surface area contributed by atoms with E-state index in [0.717, 1.165) is 49.7 Å². The summed E-state index contributed by atoms with van der Waals surface area (Å²) in [6, 6.07) is 0. The lowest BCUT2D eigenvalue weighted by molar-refractivity contribution is -0.293. The van der Waals surface area contributed by atoms with Gasteiger partial charge < -0.3 is 57.6 Å². The molecule has 0 aromatic rings. The fourth-order valence-corrected chi connectivity index (χ4v) is 11.7. The van der Waals surface area contributed by atoms with Crippen LogP contribution in [0.3, 0.4) is 0 Å². The lowest BCUT2D eigenvalue weighted by Crippen LogP contribution is -2.62. The minimum absolute atomic E-state index is 0.000828. The highest BCUT2D eigenvalue weighted by molar-refractivity contribution is 5.70. The Labute approximate surface area is 317 Å². The van der Waals surface area contributed by atoms with Crippen LogP contribution in [0.4, 0.5) is 0 Å². The first kappa shape index (κ1) is 36.8. The van der Waals surface area contributed by atoms with Crippen molar-refractivity contribution in [2.24, 2.45) is 11.8 Å². The maximum absolute atomic E-state index is 14.0. The minimum Gasteiger partial charge on any atom is -0.459 e. The molecule has 300 valence electrons. The summed E-state index contributed by atoms with van der Waals surface area (Å²) >= 11 is 0. The monoisotopic (exact) mass is 758 g/mol. The van der Waals surface area contributed by atoms with Crippen LogP contribution in [0.5, 0.6) is 0 Å². The highest BCUT2D eigenvalue weighted by atomic mass is 16.8. The zero-order chi connectivity index (χ0) is 37.0. The number of rotatable bonds is 1. The van der Waals surface area contributed by atoms with Gasteiger partial charge in [0.15, 0.2) is 5.79 Å². The van der Waals surface area contributed by atoms with Crippen LogP contribution in [0.25, 0.3) is 0 Å². The third-order valence-corrected chi connectivity index (χ3v) is 14.6. The molecule has 0 aromatic carbocycles. The number of aliphatic hydroxyl groups is 2. The Morgan fingerprint density at radius 2 is 1.41 bits per heavy atom. The minimum atomic E-state index is -0.863. The van der Waals surface area contributed by atoms with E-state index in [0.29, 0.717) is 32.1 Å². The standard InChI is InChI=1S/C41H58O13/c1-18-11-22-5-7-26-19(2)12-24(45-26)9-10-41-16-31-37(53-41)38-39(50-31)40(54-41)36-27(49-38)8-6-23(47-36)13-33(44)52-35-21(4)34-29(14-25(43)32(17-42)51-34)48-30(35)15-28(46-22)20(18)3/h18,21-32,34-40,42-43H,2-3,5-17H2,1,4H3/t18-,21+,22+,23-,24?,25-,26+,27+,28?,29+,30+,31-,32-,34+,35-,36+,37+,38+,39-,40+,41+/m1/s1. The molecule has 0 aromatic heterocycles. The van der Waals surface area contributed by atoms with Crippen molar-refractivity contribution in [2.75, 3.05) is 6.61 Å². The highest BCUT2D eigenvalue weighted by Gasteiger charge is 2.69. The van der Waals surface area contributed by atoms with Crippen molar-refractivity contribution >= 4 is 5.97 Å². The summed E-state index contributed by atoms with van der Waals surface area (Å²) in [7, 11) is 0. The Morgan fingerprint density at radius 3 is 2.26 bits per heavy atom. The molecule has 11 aliphatic rings. The number of hydrogen-bond donors (Lipinski definition) is 2. The first-order valence-electron chi connectivity index (χ1n) is 20.8. The van der Waals surface area contributed by atoms with E-state index in [2.05, 4.69) is 20.1 Å². The third-order valence-electron chi connectivity index (χ3n) is 14.6. The number of carbonyl (C=O) groups excluding carboxylic acids is 1. The van der Waals surface area contributed by atoms with Crippen LogP contribution in [0.15, 0.2) is 24.3 Å². The van der Waals surface area contributed by atoms with Gasteiger partial charge in [0.25, 0.3) is 0 Å². The molecular weight excluding hydrogens is 700 g/mol. The van der Waals surface area contributed by atoms with E-state index < -0.39 is 54.6 Å². The number of ether oxygens (including phenoxy) is 10. The van der Waals surface area contributed by atoms with E-state index in [4.69, 9.17) is 47.4 Å². The summed E-state index contributed by atoms with van der Waals surface area (Å²) in [5.74, 6) is -1.22. The fraction of sp³-hybridized carbons (Fsp3) is 0.878. The molecule has 12 bridgehead atoms. The van der Waals surface area contributed by atoms with Crippen molar-refractivity contribution in [1.29, 1.82) is 0 Å². The number of esters is 1. The summed E-state index contributed by atoms with van der Waals surface area (Å²) in [4.78, 5) is 14.0. The number of carbonyl (C=O) groups is 1. The Hall–Kier alpha value is -1.49. The largest absolute Gasteiger partial charge is 0.459 e. The van der Waals surface area contributed by atoms with Crippen molar-refractivity contribution in [3.63, 3.8) is 0 Å². The summed E-state index contributed by atoms with van der Waals surface area (Å²) in [5.41, 5.74) is 2.13. The molecule has 54 heavy (non-hydrogen) atoms. The van der Waals surface area contributed by atoms with Crippen molar-refractivity contribution in [3.8, 4) is 0 Å². The molecule has 11 fully saturated rings. The van der Waals surface area contributed by atoms with Gasteiger partial charge in [-0.25, -0.2) is 0 Å². The molecule has 0 radical (unpaired) electrons. The molecule has 21 atom stereocenters. The van der Waals surface area contributed by atoms with Gasteiger partial charge in [0.2, 0.25) is 0 Å². The van der Waals surface area contributed by atoms with Gasteiger partial charge >= 0.3 is 5.97 Å². The molecule has 11 rings (SSSR count). The number of aliphatic hydroxyl groups excluding tert-OH is 2. The van der Waals surface area contributed by atoms with Crippen LogP contribution >= 0.6 is 0 Å². The van der Waals surface area contributed by atoms with E-state index in [1.807, 2.05) is 6.92 Å². The van der Waals surface area contributed by atoms with E-state index >= 15 is 0 Å². The molecule has 11 heterocycles. The second-order valence-corrected chi connectivity index (χ2v) is 18.1. The summed E-state index contributed by atoms with van der Waals surface area (Å²) in [6.45, 7) is 12.8. The molecule has 0 saturated carbocycles. The maximum Gasteiger partial charge on any atom is 0.308 e. The topological polar surface area (TPSA) is 150 Å². The smallest absolute Gasteiger partial charge is 0.308 e. The van der Waals surface area contributed by atoms with Crippen LogP contribution in [0.2, 0.25) is 0 Å². The number of fused-ring (bicyclic) bond motifs is 7. The highest BCUT2D eigenvalue weighted by Crippen LogP contribution is 2.54. The van der Waals surface area contributed by atoms with Crippen LogP contribution in [0, 0.1) is 11.8 Å². The second-order valence-electron chi connectivity index (χ2n) is 18.1. The van der Waals surface area contributed by atoms with E-state index in [1.165, 1.54) is 0 Å². The molecule has 1 spiro atoms. The number of hydrogen-bond acceptors (Lipinski definition) is 13. The Kier molecular flexibility index (Phi) is 9.62. The van der Waals surface area contributed by atoms with Gasteiger partial charge in [-0.05, 0) is 62.0 Å². The van der Waals surface area contributed by atoms with Crippen molar-refractivity contribution < 1.29 is 62.4 Å². The van der Waals surface area contributed by atoms with Gasteiger partial charge in [0.05, 0.1) is 80.2 Å². The first-order chi connectivity index (χ1) is 26.0. The van der Waals surface area contributed by atoms with Crippen molar-refractivity contribution in [3.05, 3.63) is 24.3 Å². The second kappa shape index (κ2) is 14.1. The zero-order valence-corrected chi connectivity index (χ0v) is 31.5. The van der Waals surface area contributed by atoms with E-state index in [1.54, 1.807) is 0 Å². The van der Waals surface area contributed by atoms with Gasteiger partial charge in [-0.15, -0.1) is 0 Å². The van der Waals surface area contributed by atoms with Gasteiger partial charge in [0.1, 0.15) is 42.7 Å². The van der Waals surface area contributed by atoms with Crippen molar-refractivity contribution in [1.82, 2.24) is 0 Å². The Bertz CT molecular complexity index is 1470. The summed E-state index contributed by atoms with van der Waals surface area (Å²) in [5, 5.41) is 20.7. The molecule has 11 aliphatic heterocycles. The first-order valence-corrected chi connectivity index (χ1v) is 20.8. The van der Waals surface area contributed by atoms with Crippen LogP contribution in [-0.2, 0) is 52.2 Å². The molecule has 0 aliphatic carbocycles. The Morgan fingerprint density at radius 1 is 0.667 bits per heavy atom. The van der Waals surface area contributed by atoms with Crippen LogP contribution in [-0.4, -0.2) is 138 Å². The van der Waals surface area contributed by atoms with Crippen LogP contribution < -0.4 is 0 Å². The van der Waals surface area contributed by atoms with Crippen molar-refractivity contribution in [2.45, 2.75) is 207 Å². The molecule has 2 N–H and O–H groups in total.